The Hall–Kier alpha value is -0.340. The van der Waals surface area contributed by atoms with Crippen LogP contribution in [0.4, 0.5) is 0 Å². The Bertz CT molecular complexity index is 126. The number of allylic oxidation sites excluding steroid dienone is 1. The molecular formula is C10H19NO. The minimum absolute atomic E-state index is 0.483. The summed E-state index contributed by atoms with van der Waals surface area (Å²) in [7, 11) is 0. The summed E-state index contributed by atoms with van der Waals surface area (Å²) in [6, 6.07) is 0. The molecule has 1 heterocycles. The van der Waals surface area contributed by atoms with Gasteiger partial charge in [0.1, 0.15) is 0 Å². The highest BCUT2D eigenvalue weighted by molar-refractivity contribution is 4.77. The maximum absolute atomic E-state index is 5.68. The summed E-state index contributed by atoms with van der Waals surface area (Å²) in [5.74, 6) is 0. The van der Waals surface area contributed by atoms with Crippen molar-refractivity contribution in [2.75, 3.05) is 19.7 Å². The van der Waals surface area contributed by atoms with E-state index in [4.69, 9.17) is 4.74 Å². The Balaban J connectivity index is 2.11. The zero-order chi connectivity index (χ0) is 8.65. The number of rotatable bonds is 3. The van der Waals surface area contributed by atoms with Crippen molar-refractivity contribution >= 4 is 0 Å². The summed E-state index contributed by atoms with van der Waals surface area (Å²) in [6.07, 6.45) is 8.21. The van der Waals surface area contributed by atoms with Crippen LogP contribution in [0, 0.1) is 0 Å². The highest BCUT2D eigenvalue weighted by Crippen LogP contribution is 2.08. The Kier molecular flexibility index (Phi) is 5.04. The molecule has 2 nitrogen and oxygen atoms in total. The van der Waals surface area contributed by atoms with Crippen LogP contribution in [0.2, 0.25) is 0 Å². The molecule has 0 saturated carbocycles. The Labute approximate surface area is 75.0 Å². The fourth-order valence-corrected chi connectivity index (χ4v) is 1.44. The normalized spacial score (nSPS) is 25.9. The van der Waals surface area contributed by atoms with Gasteiger partial charge in [-0.2, -0.15) is 0 Å². The van der Waals surface area contributed by atoms with Gasteiger partial charge < -0.3 is 10.1 Å². The second-order valence-electron chi connectivity index (χ2n) is 3.21. The van der Waals surface area contributed by atoms with Gasteiger partial charge in [-0.15, -0.1) is 0 Å². The van der Waals surface area contributed by atoms with Crippen LogP contribution in [0.1, 0.15) is 26.2 Å². The van der Waals surface area contributed by atoms with Gasteiger partial charge in [0.15, 0.2) is 0 Å². The molecule has 1 atom stereocenters. The molecule has 1 rings (SSSR count). The highest BCUT2D eigenvalue weighted by atomic mass is 16.5. The van der Waals surface area contributed by atoms with Gasteiger partial charge in [-0.3, -0.25) is 0 Å². The Morgan fingerprint density at radius 1 is 1.42 bits per heavy atom. The number of hydrogen-bond acceptors (Lipinski definition) is 2. The molecule has 1 fully saturated rings. The lowest BCUT2D eigenvalue weighted by Crippen LogP contribution is -2.17. The van der Waals surface area contributed by atoms with Crippen LogP contribution in [0.5, 0.6) is 0 Å². The van der Waals surface area contributed by atoms with Gasteiger partial charge in [-0.1, -0.05) is 12.2 Å². The maximum Gasteiger partial charge on any atom is 0.0651 e. The quantitative estimate of drug-likeness (QED) is 0.649. The second-order valence-corrected chi connectivity index (χ2v) is 3.21. The highest BCUT2D eigenvalue weighted by Gasteiger charge is 2.10. The van der Waals surface area contributed by atoms with Gasteiger partial charge in [0.05, 0.1) is 12.7 Å². The fraction of sp³-hybridized carbons (Fsp3) is 0.800. The predicted octanol–water partition coefficient (Wildman–Crippen LogP) is 1.72. The molecule has 0 spiro atoms. The minimum atomic E-state index is 0.483. The summed E-state index contributed by atoms with van der Waals surface area (Å²) >= 11 is 0. The molecule has 0 aromatic carbocycles. The first-order chi connectivity index (χ1) is 5.93. The van der Waals surface area contributed by atoms with Crippen molar-refractivity contribution in [1.29, 1.82) is 0 Å². The van der Waals surface area contributed by atoms with E-state index < -0.39 is 0 Å². The minimum Gasteiger partial charge on any atom is -0.374 e. The molecule has 0 bridgehead atoms. The van der Waals surface area contributed by atoms with E-state index in [-0.39, 0.29) is 0 Å². The Morgan fingerprint density at radius 2 is 2.33 bits per heavy atom. The van der Waals surface area contributed by atoms with Crippen LogP contribution >= 0.6 is 0 Å². The van der Waals surface area contributed by atoms with Gasteiger partial charge in [0.2, 0.25) is 0 Å². The Morgan fingerprint density at radius 3 is 3.17 bits per heavy atom. The van der Waals surface area contributed by atoms with E-state index in [1.165, 1.54) is 12.8 Å². The predicted molar refractivity (Wildman–Crippen MR) is 51.3 cm³/mol. The molecule has 70 valence electrons. The number of nitrogens with one attached hydrogen (secondary N) is 1. The molecule has 0 amide bonds. The fourth-order valence-electron chi connectivity index (χ4n) is 1.44. The number of ether oxygens (including phenoxy) is 1. The van der Waals surface area contributed by atoms with E-state index in [0.29, 0.717) is 6.10 Å². The van der Waals surface area contributed by atoms with E-state index in [1.54, 1.807) is 0 Å². The van der Waals surface area contributed by atoms with Gasteiger partial charge in [-0.25, -0.2) is 0 Å². The van der Waals surface area contributed by atoms with Crippen LogP contribution in [0.15, 0.2) is 12.2 Å². The third kappa shape index (κ3) is 3.88. The van der Waals surface area contributed by atoms with Crippen molar-refractivity contribution in [3.63, 3.8) is 0 Å². The largest absolute Gasteiger partial charge is 0.374 e. The zero-order valence-electron chi connectivity index (χ0n) is 7.88. The summed E-state index contributed by atoms with van der Waals surface area (Å²) in [6.45, 7) is 5.07. The average molecular weight is 169 g/mol. The molecule has 12 heavy (non-hydrogen) atoms. The van der Waals surface area contributed by atoms with Crippen LogP contribution in [0.3, 0.4) is 0 Å². The molecule has 0 radical (unpaired) electrons. The molecule has 0 aliphatic carbocycles. The van der Waals surface area contributed by atoms with Crippen LogP contribution in [-0.4, -0.2) is 25.8 Å². The molecule has 1 N–H and O–H groups in total. The monoisotopic (exact) mass is 169 g/mol. The molecule has 1 saturated heterocycles. The molecule has 1 unspecified atom stereocenters. The smallest absolute Gasteiger partial charge is 0.0651 e. The standard InChI is InChI=1S/C10H19NO/c1-2-3-9-12-10-5-4-7-11-8-6-10/h2-3,10-11H,4-9H2,1H3/b3-2+. The summed E-state index contributed by atoms with van der Waals surface area (Å²) in [4.78, 5) is 0. The first-order valence-corrected chi connectivity index (χ1v) is 4.87. The molecule has 1 aliphatic rings. The summed E-state index contributed by atoms with van der Waals surface area (Å²) in [5, 5.41) is 3.37. The first-order valence-electron chi connectivity index (χ1n) is 4.87. The summed E-state index contributed by atoms with van der Waals surface area (Å²) in [5.41, 5.74) is 0. The van der Waals surface area contributed by atoms with Crippen molar-refractivity contribution in [3.8, 4) is 0 Å². The van der Waals surface area contributed by atoms with Crippen molar-refractivity contribution in [3.05, 3.63) is 12.2 Å². The third-order valence-corrected chi connectivity index (χ3v) is 2.19. The van der Waals surface area contributed by atoms with Crippen molar-refractivity contribution in [2.24, 2.45) is 0 Å². The van der Waals surface area contributed by atoms with Crippen LogP contribution < -0.4 is 5.32 Å². The van der Waals surface area contributed by atoms with Gasteiger partial charge in [0.25, 0.3) is 0 Å². The van der Waals surface area contributed by atoms with Gasteiger partial charge in [-0.05, 0) is 39.3 Å². The molecule has 0 aromatic heterocycles. The number of hydrogen-bond donors (Lipinski definition) is 1. The van der Waals surface area contributed by atoms with E-state index in [1.807, 2.05) is 13.0 Å². The van der Waals surface area contributed by atoms with Gasteiger partial charge >= 0.3 is 0 Å². The average Bonchev–Trinajstić information content (AvgIpc) is 2.33. The maximum atomic E-state index is 5.68. The van der Waals surface area contributed by atoms with Crippen molar-refractivity contribution in [2.45, 2.75) is 32.3 Å². The van der Waals surface area contributed by atoms with E-state index in [0.717, 1.165) is 26.1 Å². The van der Waals surface area contributed by atoms with Gasteiger partial charge in [0, 0.05) is 0 Å². The lowest BCUT2D eigenvalue weighted by atomic mass is 10.2. The van der Waals surface area contributed by atoms with Crippen LogP contribution in [0.25, 0.3) is 0 Å². The molecule has 1 aliphatic heterocycles. The molecule has 2 heteroatoms. The van der Waals surface area contributed by atoms with Crippen molar-refractivity contribution < 1.29 is 4.74 Å². The molecular weight excluding hydrogens is 150 g/mol. The topological polar surface area (TPSA) is 21.3 Å². The van der Waals surface area contributed by atoms with E-state index in [2.05, 4.69) is 11.4 Å². The van der Waals surface area contributed by atoms with E-state index in [9.17, 15) is 0 Å². The summed E-state index contributed by atoms with van der Waals surface area (Å²) < 4.78 is 5.68. The SMILES string of the molecule is C/C=C/COC1CCCNCC1. The van der Waals surface area contributed by atoms with Crippen molar-refractivity contribution in [1.82, 2.24) is 5.32 Å². The molecule has 0 aromatic rings. The van der Waals surface area contributed by atoms with Crippen LogP contribution in [-0.2, 0) is 4.74 Å². The first kappa shape index (κ1) is 9.75. The zero-order valence-corrected chi connectivity index (χ0v) is 7.88. The van der Waals surface area contributed by atoms with E-state index >= 15 is 0 Å². The lowest BCUT2D eigenvalue weighted by molar-refractivity contribution is 0.0655. The second kappa shape index (κ2) is 6.21. The third-order valence-electron chi connectivity index (χ3n) is 2.19. The lowest BCUT2D eigenvalue weighted by Gasteiger charge is -2.12.